The zero-order chi connectivity index (χ0) is 16.7. The van der Waals surface area contributed by atoms with Crippen LogP contribution < -0.4 is 20.1 Å². The Bertz CT molecular complexity index is 621. The van der Waals surface area contributed by atoms with Crippen LogP contribution in [0, 0.1) is 11.3 Å². The second-order valence-electron chi connectivity index (χ2n) is 4.63. The van der Waals surface area contributed by atoms with Gasteiger partial charge in [0.2, 0.25) is 0 Å². The fourth-order valence-electron chi connectivity index (χ4n) is 1.61. The summed E-state index contributed by atoms with van der Waals surface area (Å²) in [6.07, 6.45) is 1.31. The molecule has 7 heteroatoms. The summed E-state index contributed by atoms with van der Waals surface area (Å²) < 4.78 is 10.3. The summed E-state index contributed by atoms with van der Waals surface area (Å²) in [5.41, 5.74) is 0.471. The first-order valence-corrected chi connectivity index (χ1v) is 6.89. The molecule has 1 amide bonds. The Morgan fingerprint density at radius 1 is 1.32 bits per heavy atom. The first-order valence-electron chi connectivity index (χ1n) is 6.52. The Hall–Kier alpha value is -2.39. The maximum Gasteiger partial charge on any atom is 0.263 e. The van der Waals surface area contributed by atoms with E-state index < -0.39 is 5.91 Å². The minimum Gasteiger partial charge on any atom is -0.495 e. The Morgan fingerprint density at radius 2 is 1.95 bits per heavy atom. The van der Waals surface area contributed by atoms with Crippen molar-refractivity contribution in [3.8, 4) is 17.6 Å². The largest absolute Gasteiger partial charge is 0.495 e. The third kappa shape index (κ3) is 4.57. The van der Waals surface area contributed by atoms with Gasteiger partial charge in [-0.2, -0.15) is 5.26 Å². The SMILES string of the molecule is COc1cc(N/C=C(/C#N)C(=O)NC(C)C)c(OC)cc1Cl. The summed E-state index contributed by atoms with van der Waals surface area (Å²) >= 11 is 6.01. The molecule has 0 aliphatic rings. The van der Waals surface area contributed by atoms with E-state index in [0.717, 1.165) is 0 Å². The Kier molecular flexibility index (Phi) is 6.54. The van der Waals surface area contributed by atoms with E-state index in [1.807, 2.05) is 19.9 Å². The molecule has 0 unspecified atom stereocenters. The summed E-state index contributed by atoms with van der Waals surface area (Å²) in [7, 11) is 2.98. The Labute approximate surface area is 134 Å². The Morgan fingerprint density at radius 3 is 2.45 bits per heavy atom. The van der Waals surface area contributed by atoms with Gasteiger partial charge in [-0.15, -0.1) is 0 Å². The number of anilines is 1. The van der Waals surface area contributed by atoms with Crippen LogP contribution in [0.3, 0.4) is 0 Å². The van der Waals surface area contributed by atoms with E-state index in [0.29, 0.717) is 22.2 Å². The van der Waals surface area contributed by atoms with Crippen molar-refractivity contribution in [1.29, 1.82) is 5.26 Å². The van der Waals surface area contributed by atoms with Gasteiger partial charge in [-0.05, 0) is 13.8 Å². The second kappa shape index (κ2) is 8.15. The summed E-state index contributed by atoms with van der Waals surface area (Å²) in [6, 6.07) is 4.98. The lowest BCUT2D eigenvalue weighted by Crippen LogP contribution is -2.31. The van der Waals surface area contributed by atoms with Gasteiger partial charge >= 0.3 is 0 Å². The predicted molar refractivity (Wildman–Crippen MR) is 85.2 cm³/mol. The minimum absolute atomic E-state index is 0.0512. The number of amides is 1. The molecule has 2 N–H and O–H groups in total. The molecule has 0 bridgehead atoms. The van der Waals surface area contributed by atoms with Crippen LogP contribution in [-0.4, -0.2) is 26.2 Å². The van der Waals surface area contributed by atoms with Gasteiger partial charge in [0, 0.05) is 24.4 Å². The number of hydrogen-bond donors (Lipinski definition) is 2. The van der Waals surface area contributed by atoms with Crippen LogP contribution in [-0.2, 0) is 4.79 Å². The minimum atomic E-state index is -0.454. The number of benzene rings is 1. The summed E-state index contributed by atoms with van der Waals surface area (Å²) in [5.74, 6) is 0.456. The molecule has 0 spiro atoms. The molecule has 6 nitrogen and oxygen atoms in total. The average Bonchev–Trinajstić information content (AvgIpc) is 2.47. The van der Waals surface area contributed by atoms with Gasteiger partial charge in [-0.1, -0.05) is 11.6 Å². The highest BCUT2D eigenvalue weighted by Gasteiger charge is 2.12. The van der Waals surface area contributed by atoms with E-state index >= 15 is 0 Å². The third-order valence-electron chi connectivity index (χ3n) is 2.63. The number of nitrogens with zero attached hydrogens (tertiary/aromatic N) is 1. The average molecular weight is 324 g/mol. The van der Waals surface area contributed by atoms with Gasteiger partial charge in [-0.25, -0.2) is 0 Å². The number of carbonyl (C=O) groups is 1. The van der Waals surface area contributed by atoms with Gasteiger partial charge in [0.25, 0.3) is 5.91 Å². The molecule has 1 aromatic carbocycles. The molecular formula is C15H18ClN3O3. The highest BCUT2D eigenvalue weighted by molar-refractivity contribution is 6.32. The van der Waals surface area contributed by atoms with Gasteiger partial charge in [-0.3, -0.25) is 4.79 Å². The van der Waals surface area contributed by atoms with Crippen LogP contribution in [0.4, 0.5) is 5.69 Å². The lowest BCUT2D eigenvalue weighted by Gasteiger charge is -2.12. The van der Waals surface area contributed by atoms with Gasteiger partial charge < -0.3 is 20.1 Å². The van der Waals surface area contributed by atoms with Crippen LogP contribution in [0.1, 0.15) is 13.8 Å². The molecule has 0 heterocycles. The molecule has 118 valence electrons. The van der Waals surface area contributed by atoms with Crippen molar-refractivity contribution in [2.45, 2.75) is 19.9 Å². The molecular weight excluding hydrogens is 306 g/mol. The summed E-state index contributed by atoms with van der Waals surface area (Å²) in [5, 5.41) is 15.0. The number of rotatable bonds is 6. The maximum absolute atomic E-state index is 11.8. The smallest absolute Gasteiger partial charge is 0.263 e. The zero-order valence-corrected chi connectivity index (χ0v) is 13.6. The number of ether oxygens (including phenoxy) is 2. The van der Waals surface area contributed by atoms with Crippen LogP contribution in [0.5, 0.6) is 11.5 Å². The number of nitrogens with one attached hydrogen (secondary N) is 2. The van der Waals surface area contributed by atoms with Gasteiger partial charge in [0.15, 0.2) is 0 Å². The lowest BCUT2D eigenvalue weighted by molar-refractivity contribution is -0.117. The van der Waals surface area contributed by atoms with E-state index in [-0.39, 0.29) is 11.6 Å². The van der Waals surface area contributed by atoms with Crippen molar-refractivity contribution < 1.29 is 14.3 Å². The summed E-state index contributed by atoms with van der Waals surface area (Å²) in [4.78, 5) is 11.8. The molecule has 0 atom stereocenters. The number of nitriles is 1. The van der Waals surface area contributed by atoms with Crippen molar-refractivity contribution in [1.82, 2.24) is 5.32 Å². The Balaban J connectivity index is 3.05. The molecule has 1 aromatic rings. The fraction of sp³-hybridized carbons (Fsp3) is 0.333. The molecule has 0 saturated carbocycles. The normalized spacial score (nSPS) is 10.9. The predicted octanol–water partition coefficient (Wildman–Crippen LogP) is 2.70. The standard InChI is InChI=1S/C15H18ClN3O3/c1-9(2)19-15(20)10(7-17)8-18-12-6-13(21-3)11(16)5-14(12)22-4/h5-6,8-9,18H,1-4H3,(H,19,20)/b10-8-. The van der Waals surface area contributed by atoms with Crippen LogP contribution >= 0.6 is 11.6 Å². The number of hydrogen-bond acceptors (Lipinski definition) is 5. The topological polar surface area (TPSA) is 83.4 Å². The highest BCUT2D eigenvalue weighted by atomic mass is 35.5. The number of methoxy groups -OCH3 is 2. The van der Waals surface area contributed by atoms with E-state index in [1.54, 1.807) is 12.1 Å². The van der Waals surface area contributed by atoms with E-state index in [9.17, 15) is 4.79 Å². The van der Waals surface area contributed by atoms with Gasteiger partial charge in [0.1, 0.15) is 23.1 Å². The molecule has 0 fully saturated rings. The lowest BCUT2D eigenvalue weighted by atomic mass is 10.2. The maximum atomic E-state index is 11.8. The van der Waals surface area contributed by atoms with Crippen molar-refractivity contribution in [2.24, 2.45) is 0 Å². The second-order valence-corrected chi connectivity index (χ2v) is 5.04. The van der Waals surface area contributed by atoms with Crippen LogP contribution in [0.15, 0.2) is 23.9 Å². The van der Waals surface area contributed by atoms with Crippen molar-refractivity contribution in [2.75, 3.05) is 19.5 Å². The third-order valence-corrected chi connectivity index (χ3v) is 2.93. The quantitative estimate of drug-likeness (QED) is 0.621. The van der Waals surface area contributed by atoms with E-state index in [2.05, 4.69) is 10.6 Å². The first-order chi connectivity index (χ1) is 10.4. The van der Waals surface area contributed by atoms with E-state index in [1.165, 1.54) is 20.4 Å². The molecule has 0 radical (unpaired) electrons. The van der Waals surface area contributed by atoms with Crippen molar-refractivity contribution in [3.63, 3.8) is 0 Å². The number of halogens is 1. The molecule has 1 rings (SSSR count). The first kappa shape index (κ1) is 17.7. The molecule has 22 heavy (non-hydrogen) atoms. The van der Waals surface area contributed by atoms with Crippen LogP contribution in [0.2, 0.25) is 5.02 Å². The summed E-state index contributed by atoms with van der Waals surface area (Å²) in [6.45, 7) is 3.63. The van der Waals surface area contributed by atoms with Crippen LogP contribution in [0.25, 0.3) is 0 Å². The van der Waals surface area contributed by atoms with Crippen molar-refractivity contribution in [3.05, 3.63) is 28.9 Å². The van der Waals surface area contributed by atoms with E-state index in [4.69, 9.17) is 26.3 Å². The zero-order valence-electron chi connectivity index (χ0n) is 12.9. The van der Waals surface area contributed by atoms with Gasteiger partial charge in [0.05, 0.1) is 24.9 Å². The molecule has 0 saturated heterocycles. The molecule has 0 aliphatic heterocycles. The monoisotopic (exact) mass is 323 g/mol. The van der Waals surface area contributed by atoms with Crippen molar-refractivity contribution >= 4 is 23.2 Å². The number of carbonyl (C=O) groups excluding carboxylic acids is 1. The fourth-order valence-corrected chi connectivity index (χ4v) is 1.84. The highest BCUT2D eigenvalue weighted by Crippen LogP contribution is 2.35. The molecule has 0 aromatic heterocycles. The molecule has 0 aliphatic carbocycles.